The van der Waals surface area contributed by atoms with Gasteiger partial charge >= 0.3 is 6.03 Å². The molecule has 1 heterocycles. The average molecular weight is 286 g/mol. The summed E-state index contributed by atoms with van der Waals surface area (Å²) in [5, 5.41) is 26.5. The molecule has 1 aromatic heterocycles. The van der Waals surface area contributed by atoms with Crippen LogP contribution in [0.3, 0.4) is 0 Å². The van der Waals surface area contributed by atoms with E-state index in [9.17, 15) is 4.79 Å². The second-order valence-corrected chi connectivity index (χ2v) is 3.94. The number of nitriles is 1. The van der Waals surface area contributed by atoms with Crippen molar-refractivity contribution in [2.24, 2.45) is 5.16 Å². The van der Waals surface area contributed by atoms with Crippen LogP contribution in [0.2, 0.25) is 0 Å². The molecule has 0 saturated carbocycles. The van der Waals surface area contributed by atoms with Gasteiger partial charge in [-0.25, -0.2) is 4.79 Å². The molecule has 0 bridgehead atoms. The highest BCUT2D eigenvalue weighted by Gasteiger charge is 2.11. The van der Waals surface area contributed by atoms with Gasteiger partial charge in [0, 0.05) is 10.8 Å². The van der Waals surface area contributed by atoms with Gasteiger partial charge in [-0.1, -0.05) is 23.4 Å². The van der Waals surface area contributed by atoms with E-state index < -0.39 is 6.03 Å². The van der Waals surface area contributed by atoms with Crippen LogP contribution in [0.25, 0.3) is 0 Å². The maximum atomic E-state index is 11.7. The first-order valence-electron chi connectivity index (χ1n) is 5.89. The monoisotopic (exact) mass is 286 g/mol. The van der Waals surface area contributed by atoms with E-state index in [1.54, 1.807) is 30.3 Å². The molecule has 0 fully saturated rings. The van der Waals surface area contributed by atoms with Crippen molar-refractivity contribution in [3.8, 4) is 6.07 Å². The molecule has 9 heteroatoms. The number of nitrogens with zero attached hydrogens (tertiary/aromatic N) is 5. The lowest BCUT2D eigenvalue weighted by atomic mass is 10.3. The lowest BCUT2D eigenvalue weighted by Crippen LogP contribution is -2.48. The van der Waals surface area contributed by atoms with Crippen molar-refractivity contribution in [1.82, 2.24) is 9.78 Å². The Morgan fingerprint density at radius 2 is 2.24 bits per heavy atom. The van der Waals surface area contributed by atoms with Gasteiger partial charge in [0.2, 0.25) is 6.33 Å². The molecule has 0 aliphatic carbocycles. The fourth-order valence-corrected chi connectivity index (χ4v) is 1.51. The molecule has 0 aliphatic rings. The van der Waals surface area contributed by atoms with Crippen LogP contribution >= 0.6 is 0 Å². The lowest BCUT2D eigenvalue weighted by Gasteiger charge is -2.03. The number of nitrogens with one attached hydrogen (secondary N) is 2. The van der Waals surface area contributed by atoms with Crippen LogP contribution in [0.5, 0.6) is 0 Å². The molecular weight excluding hydrogens is 274 g/mol. The SMILES string of the molecule is N#CC(Cn1c[n+](NC(=O)Nc2ccccc2)cn1)=NO. The molecule has 0 aliphatic heterocycles. The van der Waals surface area contributed by atoms with E-state index in [1.807, 2.05) is 6.07 Å². The standard InChI is InChI=1S/C12H11N7O2/c13-6-11(17-21)7-18-9-19(8-14-18)16-12(20)15-10-4-2-1-3-5-10/h1-5,8-9H,7H2,(H2-,15,16,20,21)/p+1. The highest BCUT2D eigenvalue weighted by Crippen LogP contribution is 2.03. The van der Waals surface area contributed by atoms with Crippen molar-refractivity contribution < 1.29 is 14.7 Å². The Balaban J connectivity index is 1.93. The number of carbonyl (C=O) groups excluding carboxylic acids is 1. The molecule has 0 spiro atoms. The summed E-state index contributed by atoms with van der Waals surface area (Å²) < 4.78 is 2.64. The van der Waals surface area contributed by atoms with Gasteiger partial charge in [-0.3, -0.25) is 0 Å². The molecule has 0 radical (unpaired) electrons. The molecule has 0 saturated heterocycles. The number of benzene rings is 1. The molecule has 2 rings (SSSR count). The molecule has 1 aromatic carbocycles. The summed E-state index contributed by atoms with van der Waals surface area (Å²) in [6.07, 6.45) is 2.78. The van der Waals surface area contributed by atoms with Gasteiger partial charge in [0.15, 0.2) is 12.3 Å². The van der Waals surface area contributed by atoms with Crippen LogP contribution < -0.4 is 15.4 Å². The van der Waals surface area contributed by atoms with Crippen LogP contribution in [0.4, 0.5) is 10.5 Å². The van der Waals surface area contributed by atoms with Crippen molar-refractivity contribution >= 4 is 17.4 Å². The Morgan fingerprint density at radius 3 is 2.90 bits per heavy atom. The summed E-state index contributed by atoms with van der Waals surface area (Å²) in [6.45, 7) is 0.00197. The Kier molecular flexibility index (Phi) is 4.45. The smallest absolute Gasteiger partial charge is 0.349 e. The van der Waals surface area contributed by atoms with E-state index in [1.165, 1.54) is 22.0 Å². The number of hydrogen-bond acceptors (Lipinski definition) is 5. The van der Waals surface area contributed by atoms with Crippen LogP contribution in [0.1, 0.15) is 0 Å². The van der Waals surface area contributed by atoms with Crippen molar-refractivity contribution in [2.45, 2.75) is 6.54 Å². The zero-order valence-corrected chi connectivity index (χ0v) is 10.8. The van der Waals surface area contributed by atoms with E-state index in [-0.39, 0.29) is 12.3 Å². The van der Waals surface area contributed by atoms with Gasteiger partial charge in [0.05, 0.1) is 0 Å². The Labute approximate surface area is 119 Å². The first-order chi connectivity index (χ1) is 10.2. The van der Waals surface area contributed by atoms with Gasteiger partial charge in [-0.05, 0) is 12.1 Å². The summed E-state index contributed by atoms with van der Waals surface area (Å²) >= 11 is 0. The van der Waals surface area contributed by atoms with Crippen molar-refractivity contribution in [3.63, 3.8) is 0 Å². The molecule has 106 valence electrons. The number of rotatable bonds is 4. The van der Waals surface area contributed by atoms with Gasteiger partial charge < -0.3 is 10.5 Å². The van der Waals surface area contributed by atoms with E-state index in [0.29, 0.717) is 5.69 Å². The second kappa shape index (κ2) is 6.67. The summed E-state index contributed by atoms with van der Waals surface area (Å²) in [4.78, 5) is 11.7. The van der Waals surface area contributed by atoms with Crippen LogP contribution in [0.15, 0.2) is 48.1 Å². The quantitative estimate of drug-likeness (QED) is 0.324. The average Bonchev–Trinajstić information content (AvgIpc) is 2.92. The maximum absolute atomic E-state index is 11.7. The largest absolute Gasteiger partial charge is 0.410 e. The highest BCUT2D eigenvalue weighted by atomic mass is 16.4. The first kappa shape index (κ1) is 14.0. The summed E-state index contributed by atoms with van der Waals surface area (Å²) in [5.74, 6) is 0. The number of carbonyl (C=O) groups is 1. The van der Waals surface area contributed by atoms with E-state index in [4.69, 9.17) is 10.5 Å². The summed E-state index contributed by atoms with van der Waals surface area (Å²) in [7, 11) is 0. The molecule has 0 unspecified atom stereocenters. The molecular formula is C12H12N7O2+. The number of hydrogen-bond donors (Lipinski definition) is 3. The predicted octanol–water partition coefficient (Wildman–Crippen LogP) is 0.300. The summed E-state index contributed by atoms with van der Waals surface area (Å²) in [5.41, 5.74) is 3.07. The molecule has 2 amide bonds. The third-order valence-corrected chi connectivity index (χ3v) is 2.41. The fraction of sp³-hybridized carbons (Fsp3) is 0.0833. The number of amides is 2. The lowest BCUT2D eigenvalue weighted by molar-refractivity contribution is -0.641. The van der Waals surface area contributed by atoms with Crippen LogP contribution in [0, 0.1) is 11.3 Å². The van der Waals surface area contributed by atoms with Crippen LogP contribution in [-0.2, 0) is 6.54 Å². The minimum Gasteiger partial charge on any atom is -0.410 e. The van der Waals surface area contributed by atoms with E-state index >= 15 is 0 Å². The normalized spacial score (nSPS) is 10.7. The number of para-hydroxylation sites is 1. The van der Waals surface area contributed by atoms with Gasteiger partial charge in [0.1, 0.15) is 6.07 Å². The maximum Gasteiger partial charge on any atom is 0.349 e. The summed E-state index contributed by atoms with van der Waals surface area (Å²) in [6, 6.07) is 10.2. The molecule has 0 atom stereocenters. The molecule has 3 N–H and O–H groups in total. The Bertz CT molecular complexity index is 687. The molecule has 21 heavy (non-hydrogen) atoms. The third kappa shape index (κ3) is 4.03. The Hall–Kier alpha value is -3.41. The van der Waals surface area contributed by atoms with Crippen molar-refractivity contribution in [3.05, 3.63) is 43.0 Å². The third-order valence-electron chi connectivity index (χ3n) is 2.41. The number of oxime groups is 1. The van der Waals surface area contributed by atoms with Gasteiger partial charge in [-0.2, -0.15) is 10.7 Å². The van der Waals surface area contributed by atoms with E-state index in [0.717, 1.165) is 0 Å². The minimum atomic E-state index is -0.443. The topological polar surface area (TPSA) is 119 Å². The van der Waals surface area contributed by atoms with Crippen molar-refractivity contribution in [1.29, 1.82) is 5.26 Å². The van der Waals surface area contributed by atoms with Gasteiger partial charge in [-0.15, -0.1) is 9.36 Å². The first-order valence-corrected chi connectivity index (χ1v) is 5.89. The fourth-order valence-electron chi connectivity index (χ4n) is 1.51. The highest BCUT2D eigenvalue weighted by molar-refractivity contribution is 5.97. The number of anilines is 1. The molecule has 9 nitrogen and oxygen atoms in total. The number of urea groups is 1. The minimum absolute atomic E-state index is 0.00197. The zero-order chi connectivity index (χ0) is 15.1. The second-order valence-electron chi connectivity index (χ2n) is 3.94. The Morgan fingerprint density at radius 1 is 1.48 bits per heavy atom. The van der Waals surface area contributed by atoms with Crippen molar-refractivity contribution in [2.75, 3.05) is 10.7 Å². The van der Waals surface area contributed by atoms with Crippen LogP contribution in [-0.4, -0.2) is 26.7 Å². The zero-order valence-electron chi connectivity index (χ0n) is 10.8. The predicted molar refractivity (Wildman–Crippen MR) is 72.1 cm³/mol. The molecule has 2 aromatic rings. The van der Waals surface area contributed by atoms with Gasteiger partial charge in [0.25, 0.3) is 6.33 Å². The number of aromatic nitrogens is 3. The van der Waals surface area contributed by atoms with E-state index in [2.05, 4.69) is 21.0 Å².